The van der Waals surface area contributed by atoms with E-state index >= 15 is 0 Å². The summed E-state index contributed by atoms with van der Waals surface area (Å²) in [5.41, 5.74) is -0.874. The number of aliphatic hydroxyl groups is 6. The topological polar surface area (TPSA) is 249 Å². The number of rotatable bonds is 6. The Morgan fingerprint density at radius 1 is 0.810 bits per heavy atom. The Morgan fingerprint density at radius 3 is 2.14 bits per heavy atom. The highest BCUT2D eigenvalue weighted by atomic mass is 16.7. The summed E-state index contributed by atoms with van der Waals surface area (Å²) in [6.07, 6.45) is -15.9. The Morgan fingerprint density at radius 2 is 1.48 bits per heavy atom. The van der Waals surface area contributed by atoms with E-state index in [0.717, 1.165) is 12.1 Å². The Kier molecular flexibility index (Phi) is 8.30. The normalized spacial score (nSPS) is 33.5. The standard InChI is InChI=1S/C27H30O15/c1-9-23(41-27-21(36)19(34)17(32)15(8-28)40-27)20(35)22(37)26(38-9)42-25-18(33)16-13(31)6-12(30)7-14(16)39-24(25)10-2-4-11(29)5-3-10/h2-7,9,15,17,19-23,26-32,34-37H,8H2,1H3/t9-,15-,17-,19+,20+,21-,22-,23+,26+,27-/m1/s1. The van der Waals surface area contributed by atoms with Crippen molar-refractivity contribution in [1.82, 2.24) is 0 Å². The smallest absolute Gasteiger partial charge is 0.239 e. The molecular weight excluding hydrogens is 564 g/mol. The molecule has 42 heavy (non-hydrogen) atoms. The molecule has 0 aliphatic carbocycles. The fourth-order valence-electron chi connectivity index (χ4n) is 4.92. The maximum atomic E-state index is 13.5. The van der Waals surface area contributed by atoms with Gasteiger partial charge in [-0.05, 0) is 31.2 Å². The van der Waals surface area contributed by atoms with Crippen LogP contribution in [0.25, 0.3) is 22.3 Å². The van der Waals surface area contributed by atoms with Gasteiger partial charge in [0.25, 0.3) is 0 Å². The lowest BCUT2D eigenvalue weighted by atomic mass is 9.97. The van der Waals surface area contributed by atoms with Crippen molar-refractivity contribution in [2.45, 2.75) is 68.3 Å². The van der Waals surface area contributed by atoms with Gasteiger partial charge >= 0.3 is 0 Å². The molecule has 0 unspecified atom stereocenters. The second-order valence-corrected chi connectivity index (χ2v) is 10.1. The van der Waals surface area contributed by atoms with Gasteiger partial charge in [0.1, 0.15) is 70.9 Å². The minimum absolute atomic E-state index is 0.0898. The molecule has 3 aromatic rings. The summed E-state index contributed by atoms with van der Waals surface area (Å²) < 4.78 is 28.2. The molecule has 2 aliphatic heterocycles. The van der Waals surface area contributed by atoms with Gasteiger partial charge in [-0.1, -0.05) is 0 Å². The van der Waals surface area contributed by atoms with E-state index in [-0.39, 0.29) is 33.8 Å². The average Bonchev–Trinajstić information content (AvgIpc) is 2.95. The van der Waals surface area contributed by atoms with Gasteiger partial charge in [-0.3, -0.25) is 4.79 Å². The third-order valence-corrected chi connectivity index (χ3v) is 7.20. The van der Waals surface area contributed by atoms with Crippen LogP contribution >= 0.6 is 0 Å². The molecule has 10 atom stereocenters. The highest BCUT2D eigenvalue weighted by molar-refractivity contribution is 5.88. The molecule has 9 N–H and O–H groups in total. The molecular formula is C27H30O15. The molecule has 2 saturated heterocycles. The number of phenols is 3. The van der Waals surface area contributed by atoms with E-state index in [9.17, 15) is 50.8 Å². The summed E-state index contributed by atoms with van der Waals surface area (Å²) in [6, 6.07) is 7.43. The van der Waals surface area contributed by atoms with E-state index in [1.54, 1.807) is 0 Å². The van der Waals surface area contributed by atoms with Gasteiger partial charge in [-0.2, -0.15) is 0 Å². The van der Waals surface area contributed by atoms with Crippen molar-refractivity contribution in [2.24, 2.45) is 0 Å². The van der Waals surface area contributed by atoms with Crippen molar-refractivity contribution in [2.75, 3.05) is 6.61 Å². The molecule has 228 valence electrons. The molecule has 2 aliphatic rings. The van der Waals surface area contributed by atoms with E-state index in [1.807, 2.05) is 0 Å². The Hall–Kier alpha value is -3.51. The van der Waals surface area contributed by atoms with Gasteiger partial charge in [-0.25, -0.2) is 0 Å². The Balaban J connectivity index is 1.45. The highest BCUT2D eigenvalue weighted by Crippen LogP contribution is 2.38. The molecule has 0 bridgehead atoms. The minimum atomic E-state index is -1.88. The second-order valence-electron chi connectivity index (χ2n) is 10.1. The minimum Gasteiger partial charge on any atom is -0.508 e. The molecule has 0 radical (unpaired) electrons. The molecule has 15 heteroatoms. The van der Waals surface area contributed by atoms with Crippen molar-refractivity contribution < 1.29 is 69.3 Å². The lowest BCUT2D eigenvalue weighted by Crippen LogP contribution is -2.64. The van der Waals surface area contributed by atoms with Crippen LogP contribution in [0.4, 0.5) is 0 Å². The summed E-state index contributed by atoms with van der Waals surface area (Å²) >= 11 is 0. The summed E-state index contributed by atoms with van der Waals surface area (Å²) in [5, 5.41) is 91.2. The van der Waals surface area contributed by atoms with Gasteiger partial charge in [0, 0.05) is 17.7 Å². The number of phenolic OH excluding ortho intramolecular Hbond substituents is 3. The van der Waals surface area contributed by atoms with E-state index in [0.29, 0.717) is 0 Å². The lowest BCUT2D eigenvalue weighted by Gasteiger charge is -2.45. The molecule has 0 amide bonds. The number of ether oxygens (including phenoxy) is 4. The summed E-state index contributed by atoms with van der Waals surface area (Å²) in [5.74, 6) is -1.84. The van der Waals surface area contributed by atoms with Crippen LogP contribution < -0.4 is 10.2 Å². The first-order chi connectivity index (χ1) is 19.9. The van der Waals surface area contributed by atoms with E-state index < -0.39 is 84.9 Å². The first-order valence-corrected chi connectivity index (χ1v) is 12.9. The third kappa shape index (κ3) is 5.37. The zero-order valence-electron chi connectivity index (χ0n) is 21.9. The molecule has 0 saturated carbocycles. The number of hydrogen-bond acceptors (Lipinski definition) is 15. The van der Waals surface area contributed by atoms with Crippen LogP contribution in [0, 0.1) is 0 Å². The maximum Gasteiger partial charge on any atom is 0.239 e. The monoisotopic (exact) mass is 594 g/mol. The zero-order chi connectivity index (χ0) is 30.5. The Labute approximate surface area is 236 Å². The summed E-state index contributed by atoms with van der Waals surface area (Å²) in [6.45, 7) is 0.702. The van der Waals surface area contributed by atoms with E-state index in [1.165, 1.54) is 31.2 Å². The molecule has 3 heterocycles. The van der Waals surface area contributed by atoms with Crippen LogP contribution in [-0.2, 0) is 14.2 Å². The van der Waals surface area contributed by atoms with Gasteiger partial charge < -0.3 is 69.3 Å². The lowest BCUT2D eigenvalue weighted by molar-refractivity contribution is -0.348. The summed E-state index contributed by atoms with van der Waals surface area (Å²) in [4.78, 5) is 13.5. The van der Waals surface area contributed by atoms with E-state index in [4.69, 9.17) is 23.4 Å². The van der Waals surface area contributed by atoms with Crippen molar-refractivity contribution in [3.63, 3.8) is 0 Å². The van der Waals surface area contributed by atoms with Gasteiger partial charge in [-0.15, -0.1) is 0 Å². The van der Waals surface area contributed by atoms with Gasteiger partial charge in [0.2, 0.25) is 17.5 Å². The number of aromatic hydroxyl groups is 3. The van der Waals surface area contributed by atoms with Gasteiger partial charge in [0.05, 0.1) is 12.7 Å². The van der Waals surface area contributed by atoms with E-state index in [2.05, 4.69) is 0 Å². The number of benzene rings is 2. The fraction of sp³-hybridized carbons (Fsp3) is 0.444. The molecule has 5 rings (SSSR count). The fourth-order valence-corrected chi connectivity index (χ4v) is 4.92. The van der Waals surface area contributed by atoms with Crippen LogP contribution in [-0.4, -0.2) is 114 Å². The van der Waals surface area contributed by atoms with Crippen LogP contribution in [0.1, 0.15) is 6.92 Å². The number of fused-ring (bicyclic) bond motifs is 1. The third-order valence-electron chi connectivity index (χ3n) is 7.20. The van der Waals surface area contributed by atoms with Crippen molar-refractivity contribution in [1.29, 1.82) is 0 Å². The SMILES string of the molecule is C[C@H]1O[C@@H](Oc2c(-c3ccc(O)cc3)oc3cc(O)cc(O)c3c2=O)[C@H](O)[C@H](O)[C@H]1O[C@H]1O[C@H](CO)[C@@H](O)[C@H](O)[C@H]1O. The van der Waals surface area contributed by atoms with Crippen molar-refractivity contribution in [3.05, 3.63) is 46.6 Å². The van der Waals surface area contributed by atoms with Crippen LogP contribution in [0.15, 0.2) is 45.6 Å². The largest absolute Gasteiger partial charge is 0.508 e. The van der Waals surface area contributed by atoms with Crippen LogP contribution in [0.2, 0.25) is 0 Å². The molecule has 15 nitrogen and oxygen atoms in total. The molecule has 1 aromatic heterocycles. The first kappa shape index (κ1) is 30.0. The quantitative estimate of drug-likeness (QED) is 0.159. The maximum absolute atomic E-state index is 13.5. The van der Waals surface area contributed by atoms with Crippen molar-refractivity contribution >= 4 is 11.0 Å². The molecule has 2 fully saturated rings. The predicted molar refractivity (Wildman–Crippen MR) is 139 cm³/mol. The second kappa shape index (κ2) is 11.6. The number of aliphatic hydroxyl groups excluding tert-OH is 6. The zero-order valence-corrected chi connectivity index (χ0v) is 21.9. The van der Waals surface area contributed by atoms with Crippen LogP contribution in [0.3, 0.4) is 0 Å². The predicted octanol–water partition coefficient (Wildman–Crippen LogP) is -1.39. The van der Waals surface area contributed by atoms with Gasteiger partial charge in [0.15, 0.2) is 12.1 Å². The molecule has 0 spiro atoms. The highest BCUT2D eigenvalue weighted by Gasteiger charge is 2.50. The number of hydrogen-bond donors (Lipinski definition) is 9. The van der Waals surface area contributed by atoms with Crippen LogP contribution in [0.5, 0.6) is 23.0 Å². The molecule has 2 aromatic carbocycles. The Bertz CT molecular complexity index is 1470. The summed E-state index contributed by atoms with van der Waals surface area (Å²) in [7, 11) is 0. The average molecular weight is 595 g/mol. The van der Waals surface area contributed by atoms with Crippen molar-refractivity contribution in [3.8, 4) is 34.3 Å². The first-order valence-electron chi connectivity index (χ1n) is 12.9.